The van der Waals surface area contributed by atoms with Crippen LogP contribution >= 0.6 is 15.9 Å². The van der Waals surface area contributed by atoms with E-state index in [2.05, 4.69) is 15.9 Å². The van der Waals surface area contributed by atoms with E-state index in [9.17, 15) is 8.42 Å². The third-order valence-corrected chi connectivity index (χ3v) is 4.37. The van der Waals surface area contributed by atoms with Gasteiger partial charge < -0.3 is 0 Å². The van der Waals surface area contributed by atoms with Crippen molar-refractivity contribution in [1.29, 1.82) is 0 Å². The zero-order valence-corrected chi connectivity index (χ0v) is 10.6. The summed E-state index contributed by atoms with van der Waals surface area (Å²) in [4.78, 5) is 0. The van der Waals surface area contributed by atoms with Gasteiger partial charge in [0.15, 0.2) is 0 Å². The van der Waals surface area contributed by atoms with E-state index in [0.29, 0.717) is 18.7 Å². The van der Waals surface area contributed by atoms with E-state index in [1.54, 1.807) is 0 Å². The molecule has 0 bridgehead atoms. The lowest BCUT2D eigenvalue weighted by atomic mass is 10.1. The molecule has 0 aliphatic carbocycles. The number of halogens is 1. The number of nitrogens with zero attached hydrogens (tertiary/aromatic N) is 1. The van der Waals surface area contributed by atoms with Gasteiger partial charge in [-0.1, -0.05) is 15.9 Å². The molecule has 0 radical (unpaired) electrons. The summed E-state index contributed by atoms with van der Waals surface area (Å²) in [5.74, 6) is 0. The van der Waals surface area contributed by atoms with Crippen LogP contribution in [0.5, 0.6) is 0 Å². The van der Waals surface area contributed by atoms with Crippen LogP contribution < -0.4 is 9.44 Å². The van der Waals surface area contributed by atoms with Crippen LogP contribution in [0.3, 0.4) is 0 Å². The van der Waals surface area contributed by atoms with Crippen molar-refractivity contribution >= 4 is 31.8 Å². The van der Waals surface area contributed by atoms with Crippen LogP contribution in [-0.2, 0) is 16.6 Å². The lowest BCUT2D eigenvalue weighted by Gasteiger charge is -2.16. The van der Waals surface area contributed by atoms with E-state index < -0.39 is 10.2 Å². The van der Waals surface area contributed by atoms with Crippen LogP contribution in [0, 0.1) is 6.92 Å². The molecule has 0 atom stereocenters. The second-order valence-electron chi connectivity index (χ2n) is 3.60. The van der Waals surface area contributed by atoms with Crippen molar-refractivity contribution in [3.05, 3.63) is 27.7 Å². The molecule has 1 aliphatic heterocycles. The van der Waals surface area contributed by atoms with E-state index in [1.165, 1.54) is 4.31 Å². The lowest BCUT2D eigenvalue weighted by Crippen LogP contribution is -2.35. The normalized spacial score (nSPS) is 15.5. The first-order chi connectivity index (χ1) is 6.89. The Kier molecular flexibility index (Phi) is 2.52. The van der Waals surface area contributed by atoms with Gasteiger partial charge in [0, 0.05) is 11.0 Å². The van der Waals surface area contributed by atoms with Gasteiger partial charge in [-0.05, 0) is 36.6 Å². The Morgan fingerprint density at radius 1 is 1.47 bits per heavy atom. The molecule has 1 heterocycles. The molecule has 4 nitrogen and oxygen atoms in total. The number of fused-ring (bicyclic) bond motifs is 1. The van der Waals surface area contributed by atoms with Crippen LogP contribution in [0.15, 0.2) is 16.6 Å². The molecule has 0 unspecified atom stereocenters. The summed E-state index contributed by atoms with van der Waals surface area (Å²) in [6, 6.07) is 3.80. The molecule has 1 aliphatic rings. The summed E-state index contributed by atoms with van der Waals surface area (Å²) in [6.45, 7) is 2.36. The number of benzene rings is 1. The van der Waals surface area contributed by atoms with Crippen molar-refractivity contribution in [2.45, 2.75) is 13.3 Å². The Labute approximate surface area is 97.4 Å². The van der Waals surface area contributed by atoms with Crippen LogP contribution in [0.4, 0.5) is 5.69 Å². The second-order valence-corrected chi connectivity index (χ2v) is 5.92. The first kappa shape index (κ1) is 10.9. The van der Waals surface area contributed by atoms with Gasteiger partial charge in [-0.15, -0.1) is 0 Å². The third-order valence-electron chi connectivity index (χ3n) is 2.52. The predicted octanol–water partition coefficient (Wildman–Crippen LogP) is 1.32. The maximum atomic E-state index is 11.3. The molecule has 0 saturated heterocycles. The summed E-state index contributed by atoms with van der Waals surface area (Å²) in [7, 11) is -3.63. The Balaban J connectivity index is 2.57. The number of hydrogen-bond donors (Lipinski definition) is 1. The predicted molar refractivity (Wildman–Crippen MR) is 63.0 cm³/mol. The number of rotatable bonds is 1. The minimum Gasteiger partial charge on any atom is -0.257 e. The van der Waals surface area contributed by atoms with Gasteiger partial charge >= 0.3 is 0 Å². The van der Waals surface area contributed by atoms with E-state index in [1.807, 2.05) is 19.1 Å². The smallest absolute Gasteiger partial charge is 0.257 e. The maximum absolute atomic E-state index is 11.3. The molecule has 0 amide bonds. The summed E-state index contributed by atoms with van der Waals surface area (Å²) in [6.07, 6.45) is 0.713. The Morgan fingerprint density at radius 3 is 2.73 bits per heavy atom. The van der Waals surface area contributed by atoms with Crippen molar-refractivity contribution in [2.75, 3.05) is 10.8 Å². The van der Waals surface area contributed by atoms with E-state index in [-0.39, 0.29) is 0 Å². The molecule has 0 fully saturated rings. The average molecular weight is 291 g/mol. The number of hydrogen-bond acceptors (Lipinski definition) is 2. The fraction of sp³-hybridized carbons (Fsp3) is 0.333. The van der Waals surface area contributed by atoms with E-state index in [4.69, 9.17) is 5.14 Å². The topological polar surface area (TPSA) is 63.4 Å². The quantitative estimate of drug-likeness (QED) is 0.848. The molecule has 0 saturated carbocycles. The van der Waals surface area contributed by atoms with Crippen molar-refractivity contribution < 1.29 is 8.42 Å². The van der Waals surface area contributed by atoms with Crippen LogP contribution in [0.2, 0.25) is 0 Å². The highest BCUT2D eigenvalue weighted by molar-refractivity contribution is 9.10. The fourth-order valence-corrected chi connectivity index (χ4v) is 2.93. The van der Waals surface area contributed by atoms with Crippen molar-refractivity contribution in [3.8, 4) is 0 Å². The number of anilines is 1. The van der Waals surface area contributed by atoms with Crippen LogP contribution in [-0.4, -0.2) is 15.0 Å². The summed E-state index contributed by atoms with van der Waals surface area (Å²) in [5.41, 5.74) is 2.73. The molecule has 1 aromatic carbocycles. The third kappa shape index (κ3) is 1.89. The molecule has 0 spiro atoms. The molecule has 0 aromatic heterocycles. The fourth-order valence-electron chi connectivity index (χ4n) is 1.75. The summed E-state index contributed by atoms with van der Waals surface area (Å²) < 4.78 is 24.8. The zero-order valence-electron chi connectivity index (χ0n) is 8.20. The molecular weight excluding hydrogens is 280 g/mol. The monoisotopic (exact) mass is 290 g/mol. The van der Waals surface area contributed by atoms with Crippen LogP contribution in [0.25, 0.3) is 0 Å². The standard InChI is InChI=1S/C9H11BrN2O2S/c1-6-4-9-7(5-8(6)10)2-3-12(9)15(11,13)14/h4-5H,2-3H2,1H3,(H2,11,13,14). The Hall–Kier alpha value is -0.590. The zero-order chi connectivity index (χ0) is 11.2. The van der Waals surface area contributed by atoms with Crippen molar-refractivity contribution in [1.82, 2.24) is 0 Å². The summed E-state index contributed by atoms with van der Waals surface area (Å²) >= 11 is 3.42. The van der Waals surface area contributed by atoms with Gasteiger partial charge in [0.25, 0.3) is 10.2 Å². The van der Waals surface area contributed by atoms with Gasteiger partial charge in [0.1, 0.15) is 0 Å². The number of nitrogens with two attached hydrogens (primary N) is 1. The first-order valence-corrected chi connectivity index (χ1v) is 6.78. The number of aryl methyl sites for hydroxylation is 1. The van der Waals surface area contributed by atoms with E-state index >= 15 is 0 Å². The first-order valence-electron chi connectivity index (χ1n) is 4.49. The maximum Gasteiger partial charge on any atom is 0.299 e. The highest BCUT2D eigenvalue weighted by Crippen LogP contribution is 2.33. The van der Waals surface area contributed by atoms with Crippen molar-refractivity contribution in [3.63, 3.8) is 0 Å². The minimum absolute atomic E-state index is 0.435. The molecule has 2 N–H and O–H groups in total. The average Bonchev–Trinajstić information content (AvgIpc) is 2.47. The largest absolute Gasteiger partial charge is 0.299 e. The van der Waals surface area contributed by atoms with Gasteiger partial charge in [-0.25, -0.2) is 5.14 Å². The highest BCUT2D eigenvalue weighted by Gasteiger charge is 2.27. The Bertz CT molecular complexity index is 513. The van der Waals surface area contributed by atoms with E-state index in [0.717, 1.165) is 15.6 Å². The second kappa shape index (κ2) is 3.47. The van der Waals surface area contributed by atoms with Crippen molar-refractivity contribution in [2.24, 2.45) is 5.14 Å². The van der Waals surface area contributed by atoms with Gasteiger partial charge in [-0.2, -0.15) is 8.42 Å². The lowest BCUT2D eigenvalue weighted by molar-refractivity contribution is 0.594. The molecule has 1 aromatic rings. The van der Waals surface area contributed by atoms with Gasteiger partial charge in [0.05, 0.1) is 5.69 Å². The van der Waals surface area contributed by atoms with Gasteiger partial charge in [0.2, 0.25) is 0 Å². The molecular formula is C9H11BrN2O2S. The minimum atomic E-state index is -3.63. The van der Waals surface area contributed by atoms with Gasteiger partial charge in [-0.3, -0.25) is 4.31 Å². The highest BCUT2D eigenvalue weighted by atomic mass is 79.9. The van der Waals surface area contributed by atoms with Crippen LogP contribution in [0.1, 0.15) is 11.1 Å². The molecule has 2 rings (SSSR count). The molecule has 15 heavy (non-hydrogen) atoms. The molecule has 6 heteroatoms. The SMILES string of the molecule is Cc1cc2c(cc1Br)CCN2S(N)(=O)=O. The Morgan fingerprint density at radius 2 is 2.13 bits per heavy atom. The molecule has 82 valence electrons. The summed E-state index contributed by atoms with van der Waals surface area (Å²) in [5, 5.41) is 5.13.